The maximum absolute atomic E-state index is 13.4. The normalized spacial score (nSPS) is 11.4. The highest BCUT2D eigenvalue weighted by Crippen LogP contribution is 2.44. The van der Waals surface area contributed by atoms with Gasteiger partial charge in [0.25, 0.3) is 0 Å². The quantitative estimate of drug-likeness (QED) is 0.0686. The van der Waals surface area contributed by atoms with Crippen molar-refractivity contribution in [3.8, 4) is 34.0 Å². The van der Waals surface area contributed by atoms with E-state index in [1.165, 1.54) is 6.07 Å². The van der Waals surface area contributed by atoms with E-state index in [-0.39, 0.29) is 35.4 Å². The number of hydrogen-bond acceptors (Lipinski definition) is 7. The number of nitrogens with two attached hydrogens (primary N) is 2. The molecule has 0 aliphatic heterocycles. The number of urea groups is 1. The number of nitrogens with one attached hydrogen (secondary N) is 5. The highest BCUT2D eigenvalue weighted by molar-refractivity contribution is 5.98. The number of carbonyl (C=O) groups is 2. The number of fused-ring (bicyclic) bond motifs is 1. The number of aromatic hydroxyl groups is 2. The second-order valence-electron chi connectivity index (χ2n) is 10.8. The van der Waals surface area contributed by atoms with Crippen molar-refractivity contribution < 1.29 is 19.8 Å². The summed E-state index contributed by atoms with van der Waals surface area (Å²) < 4.78 is 0. The number of nitrogens with zero attached hydrogens (tertiary/aromatic N) is 1. The maximum atomic E-state index is 13.4. The van der Waals surface area contributed by atoms with E-state index in [0.29, 0.717) is 51.2 Å². The molecule has 0 radical (unpaired) electrons. The molecule has 0 atom stereocenters. The van der Waals surface area contributed by atoms with Crippen molar-refractivity contribution in [2.75, 3.05) is 19.6 Å². The lowest BCUT2D eigenvalue weighted by molar-refractivity contribution is -0.125. The first-order valence-corrected chi connectivity index (χ1v) is 14.0. The highest BCUT2D eigenvalue weighted by Gasteiger charge is 2.32. The molecule has 0 aliphatic rings. The number of aromatic amines is 1. The molecule has 0 unspecified atom stereocenters. The summed E-state index contributed by atoms with van der Waals surface area (Å²) in [5, 5.41) is 39.0. The number of benzene rings is 3. The zero-order chi connectivity index (χ0) is 31.3. The minimum Gasteiger partial charge on any atom is -0.507 e. The predicted octanol–water partition coefficient (Wildman–Crippen LogP) is 3.15. The van der Waals surface area contributed by atoms with E-state index in [2.05, 4.69) is 25.9 Å². The molecule has 3 amide bonds. The van der Waals surface area contributed by atoms with Gasteiger partial charge in [0.05, 0.1) is 22.0 Å². The molecule has 43 heavy (non-hydrogen) atoms. The van der Waals surface area contributed by atoms with Gasteiger partial charge < -0.3 is 42.6 Å². The van der Waals surface area contributed by atoms with Gasteiger partial charge in [-0.1, -0.05) is 13.0 Å². The third kappa shape index (κ3) is 6.87. The summed E-state index contributed by atoms with van der Waals surface area (Å²) in [6.45, 7) is 7.83. The number of nitrogen functional groups attached to an aromatic ring is 1. The number of aromatic nitrogens is 2. The van der Waals surface area contributed by atoms with E-state index in [1.54, 1.807) is 56.3 Å². The Morgan fingerprint density at radius 1 is 0.977 bits per heavy atom. The summed E-state index contributed by atoms with van der Waals surface area (Å²) in [4.78, 5) is 32.6. The number of primary amides is 1. The predicted molar refractivity (Wildman–Crippen MR) is 167 cm³/mol. The average Bonchev–Trinajstić information content (AvgIpc) is 3.40. The fraction of sp³-hybridized carbons (Fsp3) is 0.290. The fourth-order valence-electron chi connectivity index (χ4n) is 4.73. The van der Waals surface area contributed by atoms with Crippen molar-refractivity contribution in [3.63, 3.8) is 0 Å². The molecule has 4 aromatic rings. The second-order valence-corrected chi connectivity index (χ2v) is 10.8. The summed E-state index contributed by atoms with van der Waals surface area (Å²) >= 11 is 0. The summed E-state index contributed by atoms with van der Waals surface area (Å²) in [7, 11) is 0. The summed E-state index contributed by atoms with van der Waals surface area (Å²) in [6, 6.07) is 12.5. The van der Waals surface area contributed by atoms with Crippen LogP contribution in [0.3, 0.4) is 0 Å². The summed E-state index contributed by atoms with van der Waals surface area (Å²) in [5.74, 6) is -0.255. The zero-order valence-corrected chi connectivity index (χ0v) is 24.5. The van der Waals surface area contributed by atoms with E-state index in [4.69, 9.17) is 16.9 Å². The third-order valence-corrected chi connectivity index (χ3v) is 7.33. The van der Waals surface area contributed by atoms with Gasteiger partial charge in [-0.25, -0.2) is 9.78 Å². The first-order valence-electron chi connectivity index (χ1n) is 14.0. The number of imidazole rings is 1. The van der Waals surface area contributed by atoms with Gasteiger partial charge in [-0.3, -0.25) is 10.2 Å². The second kappa shape index (κ2) is 12.8. The van der Waals surface area contributed by atoms with Crippen LogP contribution in [0.15, 0.2) is 48.5 Å². The Morgan fingerprint density at radius 2 is 1.72 bits per heavy atom. The lowest BCUT2D eigenvalue weighted by Gasteiger charge is -2.26. The molecule has 12 nitrogen and oxygen atoms in total. The van der Waals surface area contributed by atoms with Gasteiger partial charge in [0.15, 0.2) is 0 Å². The topological polar surface area (TPSA) is 215 Å². The first-order chi connectivity index (χ1) is 20.4. The van der Waals surface area contributed by atoms with Crippen molar-refractivity contribution in [3.05, 3.63) is 65.2 Å². The molecule has 1 heterocycles. The number of H-pyrrole nitrogens is 1. The van der Waals surface area contributed by atoms with Gasteiger partial charge in [-0.05, 0) is 86.9 Å². The maximum Gasteiger partial charge on any atom is 0.312 e. The molecule has 0 aliphatic carbocycles. The van der Waals surface area contributed by atoms with Gasteiger partial charge in [0.2, 0.25) is 5.91 Å². The Kier molecular flexibility index (Phi) is 9.20. The van der Waals surface area contributed by atoms with Crippen LogP contribution in [0, 0.1) is 5.41 Å². The van der Waals surface area contributed by atoms with Crippen LogP contribution < -0.4 is 27.4 Å². The molecule has 11 N–H and O–H groups in total. The van der Waals surface area contributed by atoms with E-state index >= 15 is 0 Å². The lowest BCUT2D eigenvalue weighted by atomic mass is 9.80. The van der Waals surface area contributed by atoms with Crippen LogP contribution in [-0.2, 0) is 16.8 Å². The molecule has 1 aromatic heterocycles. The lowest BCUT2D eigenvalue weighted by Crippen LogP contribution is -2.41. The van der Waals surface area contributed by atoms with Crippen LogP contribution in [0.4, 0.5) is 4.79 Å². The largest absolute Gasteiger partial charge is 0.507 e. The van der Waals surface area contributed by atoms with Crippen LogP contribution in [0.1, 0.15) is 43.9 Å². The number of amides is 3. The monoisotopic (exact) mass is 586 g/mol. The number of phenols is 2. The van der Waals surface area contributed by atoms with Crippen LogP contribution >= 0.6 is 0 Å². The molecule has 0 fully saturated rings. The Labute approximate surface area is 249 Å². The van der Waals surface area contributed by atoms with Crippen molar-refractivity contribution in [2.45, 2.75) is 39.2 Å². The van der Waals surface area contributed by atoms with Gasteiger partial charge in [-0.15, -0.1) is 0 Å². The minimum atomic E-state index is -1.04. The highest BCUT2D eigenvalue weighted by atomic mass is 16.3. The van der Waals surface area contributed by atoms with E-state index < -0.39 is 11.4 Å². The number of amidine groups is 1. The first kappa shape index (κ1) is 30.8. The van der Waals surface area contributed by atoms with Gasteiger partial charge in [-0.2, -0.15) is 0 Å². The van der Waals surface area contributed by atoms with E-state index in [1.807, 2.05) is 6.92 Å². The molecule has 0 saturated carbocycles. The molecular formula is C31H38N8O4. The van der Waals surface area contributed by atoms with Crippen LogP contribution in [0.5, 0.6) is 11.5 Å². The molecule has 4 rings (SSSR count). The van der Waals surface area contributed by atoms with Crippen molar-refractivity contribution in [1.82, 2.24) is 25.9 Å². The molecule has 226 valence electrons. The number of carbonyl (C=O) groups excluding carboxylic acids is 2. The Balaban J connectivity index is 1.85. The number of rotatable bonds is 12. The number of phenolic OH excluding ortho intramolecular Hbond substituents is 2. The molecule has 0 spiro atoms. The number of hydrogen-bond donors (Lipinski definition) is 9. The third-order valence-electron chi connectivity index (χ3n) is 7.33. The fourth-order valence-corrected chi connectivity index (χ4v) is 4.73. The SMILES string of the molecule is CCNCCCNC(=O)C(C)(C)c1cc(-c2nc3ccc(C(=N)N)cc3[nH]2)c(O)c(-c2cc(CNC(N)=O)ccc2O)c1. The summed E-state index contributed by atoms with van der Waals surface area (Å²) in [6.07, 6.45) is 0.767. The van der Waals surface area contributed by atoms with Gasteiger partial charge in [0, 0.05) is 29.8 Å². The van der Waals surface area contributed by atoms with Gasteiger partial charge in [0.1, 0.15) is 23.2 Å². The minimum absolute atomic E-state index is 0.0930. The van der Waals surface area contributed by atoms with Crippen molar-refractivity contribution >= 4 is 28.8 Å². The van der Waals surface area contributed by atoms with Crippen LogP contribution in [-0.4, -0.2) is 57.6 Å². The zero-order valence-electron chi connectivity index (χ0n) is 24.5. The van der Waals surface area contributed by atoms with Crippen molar-refractivity contribution in [2.24, 2.45) is 11.5 Å². The van der Waals surface area contributed by atoms with Crippen LogP contribution in [0.2, 0.25) is 0 Å². The standard InChI is InChI=1S/C31H38N8O4/c1-4-35-10-5-11-36-29(42)31(2,3)19-14-21(20-12-17(6-9-25(20)40)16-37-30(34)43)26(41)22(15-19)28-38-23-8-7-18(27(32)33)13-24(23)39-28/h6-9,12-15,35,40-41H,4-5,10-11,16H2,1-3H3,(H3,32,33)(H,36,42)(H,38,39)(H3,34,37,43). The average molecular weight is 587 g/mol. The Hall–Kier alpha value is -5.10. The molecule has 0 bridgehead atoms. The van der Waals surface area contributed by atoms with E-state index in [0.717, 1.165) is 19.5 Å². The van der Waals surface area contributed by atoms with E-state index in [9.17, 15) is 19.8 Å². The smallest absolute Gasteiger partial charge is 0.312 e. The molecule has 0 saturated heterocycles. The molecular weight excluding hydrogens is 548 g/mol. The Morgan fingerprint density at radius 3 is 2.42 bits per heavy atom. The van der Waals surface area contributed by atoms with Crippen molar-refractivity contribution in [1.29, 1.82) is 5.41 Å². The molecule has 3 aromatic carbocycles. The molecule has 12 heteroatoms. The van der Waals surface area contributed by atoms with Crippen LogP contribution in [0.25, 0.3) is 33.5 Å². The van der Waals surface area contributed by atoms with Gasteiger partial charge >= 0.3 is 6.03 Å². The summed E-state index contributed by atoms with van der Waals surface area (Å²) in [5.41, 5.74) is 13.6. The Bertz CT molecular complexity index is 1680.